The maximum absolute atomic E-state index is 12.6. The monoisotopic (exact) mass is 364 g/mol. The molecule has 26 heavy (non-hydrogen) atoms. The summed E-state index contributed by atoms with van der Waals surface area (Å²) in [6, 6.07) is 2.14. The summed E-state index contributed by atoms with van der Waals surface area (Å²) in [7, 11) is 5.66. The summed E-state index contributed by atoms with van der Waals surface area (Å²) in [5.74, 6) is 1.26. The van der Waals surface area contributed by atoms with E-state index in [2.05, 4.69) is 25.1 Å². The standard InChI is InChI=1S/C18H32N6O2/c1-14(2)20-18(25)24(13-12-22(3)4)15-7-10-23(11-8-15)17-19-9-6-16(21-17)26-5/h6,9,14-15H,7-8,10-13H2,1-5H3,(H,20,25). The fourth-order valence-electron chi connectivity index (χ4n) is 3.06. The predicted octanol–water partition coefficient (Wildman–Crippen LogP) is 1.44. The molecule has 1 aromatic heterocycles. The Bertz CT molecular complexity index is 573. The maximum atomic E-state index is 12.6. The molecular formula is C18H32N6O2. The highest BCUT2D eigenvalue weighted by atomic mass is 16.5. The molecule has 0 spiro atoms. The first-order chi connectivity index (χ1) is 12.4. The zero-order chi connectivity index (χ0) is 19.1. The molecule has 2 heterocycles. The molecule has 0 saturated carbocycles. The van der Waals surface area contributed by atoms with Crippen molar-refractivity contribution in [2.75, 3.05) is 52.3 Å². The number of amides is 2. The predicted molar refractivity (Wildman–Crippen MR) is 103 cm³/mol. The number of nitrogens with zero attached hydrogens (tertiary/aromatic N) is 5. The van der Waals surface area contributed by atoms with E-state index in [4.69, 9.17) is 4.74 Å². The van der Waals surface area contributed by atoms with E-state index in [0.717, 1.165) is 39.0 Å². The van der Waals surface area contributed by atoms with Crippen LogP contribution < -0.4 is 15.0 Å². The van der Waals surface area contributed by atoms with Crippen LogP contribution in [0.2, 0.25) is 0 Å². The van der Waals surface area contributed by atoms with Gasteiger partial charge in [-0.3, -0.25) is 0 Å². The van der Waals surface area contributed by atoms with E-state index in [1.807, 2.05) is 32.8 Å². The van der Waals surface area contributed by atoms with Crippen LogP contribution in [0.4, 0.5) is 10.7 Å². The van der Waals surface area contributed by atoms with E-state index in [0.29, 0.717) is 11.8 Å². The molecule has 0 unspecified atom stereocenters. The average Bonchev–Trinajstić information content (AvgIpc) is 2.61. The third-order valence-electron chi connectivity index (χ3n) is 4.48. The van der Waals surface area contributed by atoms with Gasteiger partial charge in [0.25, 0.3) is 0 Å². The van der Waals surface area contributed by atoms with Gasteiger partial charge < -0.3 is 24.8 Å². The van der Waals surface area contributed by atoms with Crippen molar-refractivity contribution in [2.24, 2.45) is 0 Å². The summed E-state index contributed by atoms with van der Waals surface area (Å²) < 4.78 is 5.18. The lowest BCUT2D eigenvalue weighted by Crippen LogP contribution is -2.53. The number of ether oxygens (including phenoxy) is 1. The van der Waals surface area contributed by atoms with Crippen molar-refractivity contribution >= 4 is 12.0 Å². The minimum Gasteiger partial charge on any atom is -0.481 e. The van der Waals surface area contributed by atoms with E-state index in [1.165, 1.54) is 0 Å². The molecule has 8 nitrogen and oxygen atoms in total. The Kier molecular flexibility index (Phi) is 7.44. The fourth-order valence-corrected chi connectivity index (χ4v) is 3.06. The van der Waals surface area contributed by atoms with Gasteiger partial charge >= 0.3 is 6.03 Å². The van der Waals surface area contributed by atoms with Gasteiger partial charge in [0.15, 0.2) is 0 Å². The number of carbonyl (C=O) groups excluding carboxylic acids is 1. The first-order valence-electron chi connectivity index (χ1n) is 9.24. The Labute approximate surface area is 156 Å². The minimum absolute atomic E-state index is 0.0259. The average molecular weight is 364 g/mol. The first-order valence-corrected chi connectivity index (χ1v) is 9.24. The fraction of sp³-hybridized carbons (Fsp3) is 0.722. The third-order valence-corrected chi connectivity index (χ3v) is 4.48. The second-order valence-electron chi connectivity index (χ2n) is 7.22. The zero-order valence-corrected chi connectivity index (χ0v) is 16.6. The molecule has 1 aliphatic rings. The van der Waals surface area contributed by atoms with Crippen molar-refractivity contribution in [2.45, 2.75) is 38.8 Å². The van der Waals surface area contributed by atoms with E-state index < -0.39 is 0 Å². The van der Waals surface area contributed by atoms with Crippen LogP contribution in [0.1, 0.15) is 26.7 Å². The van der Waals surface area contributed by atoms with Gasteiger partial charge in [-0.1, -0.05) is 0 Å². The molecule has 0 bridgehead atoms. The number of rotatable bonds is 7. The van der Waals surface area contributed by atoms with Gasteiger partial charge in [0, 0.05) is 50.5 Å². The quantitative estimate of drug-likeness (QED) is 0.789. The van der Waals surface area contributed by atoms with Gasteiger partial charge in [0.05, 0.1) is 7.11 Å². The largest absolute Gasteiger partial charge is 0.481 e. The van der Waals surface area contributed by atoms with Gasteiger partial charge in [-0.15, -0.1) is 0 Å². The summed E-state index contributed by atoms with van der Waals surface area (Å²) in [6.07, 6.45) is 3.52. The van der Waals surface area contributed by atoms with E-state index in [-0.39, 0.29) is 18.1 Å². The second kappa shape index (κ2) is 9.56. The highest BCUT2D eigenvalue weighted by molar-refractivity contribution is 5.74. The molecular weight excluding hydrogens is 332 g/mol. The number of methoxy groups -OCH3 is 1. The van der Waals surface area contributed by atoms with E-state index >= 15 is 0 Å². The molecule has 8 heteroatoms. The molecule has 0 aliphatic carbocycles. The molecule has 2 rings (SSSR count). The number of piperidine rings is 1. The van der Waals surface area contributed by atoms with Crippen LogP contribution in [0, 0.1) is 0 Å². The summed E-state index contributed by atoms with van der Waals surface area (Å²) in [4.78, 5) is 27.7. The number of likely N-dealkylation sites (N-methyl/N-ethyl adjacent to an activating group) is 1. The number of nitrogens with one attached hydrogen (secondary N) is 1. The van der Waals surface area contributed by atoms with Crippen LogP contribution in [0.3, 0.4) is 0 Å². The number of hydrogen-bond donors (Lipinski definition) is 1. The number of anilines is 1. The van der Waals surface area contributed by atoms with Gasteiger partial charge in [0.2, 0.25) is 11.8 Å². The number of aromatic nitrogens is 2. The summed E-state index contributed by atoms with van der Waals surface area (Å²) in [6.45, 7) is 7.21. The van der Waals surface area contributed by atoms with Crippen LogP contribution in [-0.2, 0) is 0 Å². The topological polar surface area (TPSA) is 73.8 Å². The van der Waals surface area contributed by atoms with Gasteiger partial charge in [-0.2, -0.15) is 4.98 Å². The van der Waals surface area contributed by atoms with Crippen LogP contribution in [0.15, 0.2) is 12.3 Å². The number of urea groups is 1. The molecule has 0 radical (unpaired) electrons. The Morgan fingerprint density at radius 3 is 2.62 bits per heavy atom. The molecule has 1 aliphatic heterocycles. The normalized spacial score (nSPS) is 15.4. The number of hydrogen-bond acceptors (Lipinski definition) is 6. The van der Waals surface area contributed by atoms with Crippen LogP contribution in [0.5, 0.6) is 5.88 Å². The van der Waals surface area contributed by atoms with Crippen molar-refractivity contribution in [3.63, 3.8) is 0 Å². The third kappa shape index (κ3) is 5.72. The first kappa shape index (κ1) is 20.2. The summed E-state index contributed by atoms with van der Waals surface area (Å²) >= 11 is 0. The second-order valence-corrected chi connectivity index (χ2v) is 7.22. The molecule has 0 atom stereocenters. The van der Waals surface area contributed by atoms with Crippen LogP contribution in [0.25, 0.3) is 0 Å². The lowest BCUT2D eigenvalue weighted by atomic mass is 10.0. The van der Waals surface area contributed by atoms with Crippen molar-refractivity contribution < 1.29 is 9.53 Å². The highest BCUT2D eigenvalue weighted by Crippen LogP contribution is 2.21. The van der Waals surface area contributed by atoms with Crippen molar-refractivity contribution in [1.29, 1.82) is 0 Å². The van der Waals surface area contributed by atoms with E-state index in [1.54, 1.807) is 19.4 Å². The maximum Gasteiger partial charge on any atom is 0.317 e. The molecule has 1 aromatic rings. The van der Waals surface area contributed by atoms with Crippen molar-refractivity contribution in [3.8, 4) is 5.88 Å². The lowest BCUT2D eigenvalue weighted by molar-refractivity contribution is 0.153. The number of carbonyl (C=O) groups is 1. The Morgan fingerprint density at radius 1 is 1.35 bits per heavy atom. The van der Waals surface area contributed by atoms with Crippen molar-refractivity contribution in [3.05, 3.63) is 12.3 Å². The smallest absolute Gasteiger partial charge is 0.317 e. The molecule has 0 aromatic carbocycles. The van der Waals surface area contributed by atoms with Crippen molar-refractivity contribution in [1.82, 2.24) is 25.1 Å². The highest BCUT2D eigenvalue weighted by Gasteiger charge is 2.29. The summed E-state index contributed by atoms with van der Waals surface area (Å²) in [5, 5.41) is 3.04. The van der Waals surface area contributed by atoms with Crippen LogP contribution in [-0.4, -0.2) is 85.3 Å². The van der Waals surface area contributed by atoms with Gasteiger partial charge in [0.1, 0.15) is 0 Å². The van der Waals surface area contributed by atoms with Gasteiger partial charge in [-0.25, -0.2) is 9.78 Å². The molecule has 146 valence electrons. The van der Waals surface area contributed by atoms with E-state index in [9.17, 15) is 4.79 Å². The Balaban J connectivity index is 1.99. The van der Waals surface area contributed by atoms with Crippen LogP contribution >= 0.6 is 0 Å². The SMILES string of the molecule is COc1ccnc(N2CCC(N(CCN(C)C)C(=O)NC(C)C)CC2)n1. The molecule has 1 N–H and O–H groups in total. The Morgan fingerprint density at radius 2 is 2.04 bits per heavy atom. The molecule has 1 saturated heterocycles. The molecule has 1 fully saturated rings. The lowest BCUT2D eigenvalue weighted by Gasteiger charge is -2.39. The zero-order valence-electron chi connectivity index (χ0n) is 16.6. The molecule has 2 amide bonds. The minimum atomic E-state index is 0.0259. The Hall–Kier alpha value is -2.09. The summed E-state index contributed by atoms with van der Waals surface area (Å²) in [5.41, 5.74) is 0. The van der Waals surface area contributed by atoms with Gasteiger partial charge in [-0.05, 0) is 40.8 Å².